The van der Waals surface area contributed by atoms with Crippen LogP contribution < -0.4 is 10.6 Å². The second-order valence-corrected chi connectivity index (χ2v) is 5.81. The molecule has 112 valence electrons. The highest BCUT2D eigenvalue weighted by Crippen LogP contribution is 2.40. The van der Waals surface area contributed by atoms with E-state index in [1.165, 1.54) is 18.0 Å². The first-order valence-corrected chi connectivity index (χ1v) is 7.14. The van der Waals surface area contributed by atoms with E-state index in [1.807, 2.05) is 0 Å². The lowest BCUT2D eigenvalue weighted by atomic mass is 9.91. The summed E-state index contributed by atoms with van der Waals surface area (Å²) in [6, 6.07) is -0.902. The van der Waals surface area contributed by atoms with Gasteiger partial charge in [0.1, 0.15) is 23.2 Å². The van der Waals surface area contributed by atoms with Gasteiger partial charge < -0.3 is 15.2 Å². The Kier molecular flexibility index (Phi) is 4.17. The normalized spacial score (nSPS) is 18.6. The van der Waals surface area contributed by atoms with Crippen molar-refractivity contribution in [3.8, 4) is 0 Å². The standard InChI is InChI=1S/C11H14F3N3O2S/c1-7-8(6-19-17-7)15-9(18)16-10(11(12,13)14)2-4-20-5-3-10/h6H,2-5H2,1H3,(H2,15,16,18). The number of halogens is 3. The lowest BCUT2D eigenvalue weighted by Gasteiger charge is -2.39. The van der Waals surface area contributed by atoms with Gasteiger partial charge in [-0.05, 0) is 31.3 Å². The van der Waals surface area contributed by atoms with Crippen LogP contribution in [0.3, 0.4) is 0 Å². The molecule has 0 spiro atoms. The van der Waals surface area contributed by atoms with Crippen LogP contribution in [0.1, 0.15) is 18.5 Å². The number of thioether (sulfide) groups is 1. The predicted octanol–water partition coefficient (Wildman–Crippen LogP) is 2.93. The Morgan fingerprint density at radius 3 is 2.60 bits per heavy atom. The number of nitrogens with one attached hydrogen (secondary N) is 2. The first kappa shape index (κ1) is 15.0. The van der Waals surface area contributed by atoms with E-state index in [0.717, 1.165) is 0 Å². The number of urea groups is 1. The van der Waals surface area contributed by atoms with E-state index in [-0.39, 0.29) is 18.5 Å². The number of alkyl halides is 3. The van der Waals surface area contributed by atoms with Gasteiger partial charge in [0.05, 0.1) is 0 Å². The fourth-order valence-corrected chi connectivity index (χ4v) is 3.17. The Bertz CT molecular complexity index is 484. The van der Waals surface area contributed by atoms with Crippen molar-refractivity contribution in [2.45, 2.75) is 31.5 Å². The van der Waals surface area contributed by atoms with Gasteiger partial charge in [-0.1, -0.05) is 5.16 Å². The Labute approximate surface area is 117 Å². The predicted molar refractivity (Wildman–Crippen MR) is 68.7 cm³/mol. The second-order valence-electron chi connectivity index (χ2n) is 4.58. The molecule has 2 N–H and O–H groups in total. The van der Waals surface area contributed by atoms with Crippen LogP contribution in [0.5, 0.6) is 0 Å². The van der Waals surface area contributed by atoms with E-state index >= 15 is 0 Å². The zero-order chi connectivity index (χ0) is 14.8. The minimum atomic E-state index is -4.48. The average molecular weight is 309 g/mol. The van der Waals surface area contributed by atoms with Gasteiger partial charge in [-0.15, -0.1) is 0 Å². The summed E-state index contributed by atoms with van der Waals surface area (Å²) in [4.78, 5) is 11.8. The molecule has 2 rings (SSSR count). The molecule has 1 aromatic heterocycles. The lowest BCUT2D eigenvalue weighted by molar-refractivity contribution is -0.195. The molecule has 0 aliphatic carbocycles. The highest BCUT2D eigenvalue weighted by atomic mass is 32.2. The highest BCUT2D eigenvalue weighted by Gasteiger charge is 2.55. The first-order chi connectivity index (χ1) is 9.34. The van der Waals surface area contributed by atoms with Gasteiger partial charge in [-0.25, -0.2) is 4.79 Å². The summed E-state index contributed by atoms with van der Waals surface area (Å²) in [6.07, 6.45) is -3.56. The molecule has 1 aliphatic heterocycles. The summed E-state index contributed by atoms with van der Waals surface area (Å²) in [7, 11) is 0. The molecule has 1 fully saturated rings. The van der Waals surface area contributed by atoms with Crippen molar-refractivity contribution >= 4 is 23.5 Å². The number of anilines is 1. The largest absolute Gasteiger partial charge is 0.411 e. The summed E-state index contributed by atoms with van der Waals surface area (Å²) in [5.41, 5.74) is -1.50. The number of hydrogen-bond acceptors (Lipinski definition) is 4. The molecule has 20 heavy (non-hydrogen) atoms. The molecule has 0 aromatic carbocycles. The summed E-state index contributed by atoms with van der Waals surface area (Å²) < 4.78 is 44.3. The van der Waals surface area contributed by atoms with Crippen molar-refractivity contribution in [1.29, 1.82) is 0 Å². The SMILES string of the molecule is Cc1nocc1NC(=O)NC1(C(F)(F)F)CCSCC1. The summed E-state index contributed by atoms with van der Waals surface area (Å²) >= 11 is 1.45. The third-order valence-electron chi connectivity index (χ3n) is 3.24. The Morgan fingerprint density at radius 2 is 2.10 bits per heavy atom. The van der Waals surface area contributed by atoms with E-state index in [9.17, 15) is 18.0 Å². The van der Waals surface area contributed by atoms with Gasteiger partial charge in [-0.2, -0.15) is 24.9 Å². The minimum absolute atomic E-state index is 0.128. The molecule has 0 unspecified atom stereocenters. The van der Waals surface area contributed by atoms with Gasteiger partial charge in [0.25, 0.3) is 0 Å². The van der Waals surface area contributed by atoms with Gasteiger partial charge in [0.15, 0.2) is 0 Å². The smallest absolute Gasteiger partial charge is 0.362 e. The third kappa shape index (κ3) is 3.02. The van der Waals surface area contributed by atoms with Gasteiger partial charge in [-0.3, -0.25) is 0 Å². The van der Waals surface area contributed by atoms with Crippen molar-refractivity contribution in [1.82, 2.24) is 10.5 Å². The van der Waals surface area contributed by atoms with Crippen LogP contribution in [-0.4, -0.2) is 34.4 Å². The molecular weight excluding hydrogens is 295 g/mol. The quantitative estimate of drug-likeness (QED) is 0.881. The molecule has 5 nitrogen and oxygen atoms in total. The Hall–Kier alpha value is -1.38. The van der Waals surface area contributed by atoms with Crippen LogP contribution in [0.2, 0.25) is 0 Å². The van der Waals surface area contributed by atoms with Crippen LogP contribution in [0.4, 0.5) is 23.7 Å². The lowest BCUT2D eigenvalue weighted by Crippen LogP contribution is -2.61. The van der Waals surface area contributed by atoms with Gasteiger partial charge in [0.2, 0.25) is 0 Å². The molecule has 0 atom stereocenters. The molecule has 0 radical (unpaired) electrons. The number of aryl methyl sites for hydroxylation is 1. The fourth-order valence-electron chi connectivity index (χ4n) is 1.98. The molecule has 1 saturated heterocycles. The van der Waals surface area contributed by atoms with Crippen LogP contribution in [0.25, 0.3) is 0 Å². The average Bonchev–Trinajstić information content (AvgIpc) is 2.74. The molecular formula is C11H14F3N3O2S. The zero-order valence-corrected chi connectivity index (χ0v) is 11.5. The van der Waals surface area contributed by atoms with E-state index in [0.29, 0.717) is 17.2 Å². The van der Waals surface area contributed by atoms with Crippen LogP contribution in [0.15, 0.2) is 10.8 Å². The molecule has 9 heteroatoms. The minimum Gasteiger partial charge on any atom is -0.362 e. The zero-order valence-electron chi connectivity index (χ0n) is 10.7. The Balaban J connectivity index is 2.08. The Morgan fingerprint density at radius 1 is 1.45 bits per heavy atom. The van der Waals surface area contributed by atoms with Crippen molar-refractivity contribution in [2.24, 2.45) is 0 Å². The van der Waals surface area contributed by atoms with Crippen molar-refractivity contribution in [3.63, 3.8) is 0 Å². The molecule has 1 aliphatic rings. The first-order valence-electron chi connectivity index (χ1n) is 5.99. The van der Waals surface area contributed by atoms with E-state index in [2.05, 4.69) is 20.3 Å². The molecule has 0 saturated carbocycles. The van der Waals surface area contributed by atoms with Gasteiger partial charge >= 0.3 is 12.2 Å². The van der Waals surface area contributed by atoms with E-state index in [1.54, 1.807) is 6.92 Å². The number of carbonyl (C=O) groups excluding carboxylic acids is 1. The monoisotopic (exact) mass is 309 g/mol. The third-order valence-corrected chi connectivity index (χ3v) is 4.23. The van der Waals surface area contributed by atoms with Crippen LogP contribution in [-0.2, 0) is 0 Å². The maximum Gasteiger partial charge on any atom is 0.411 e. The number of nitrogens with zero attached hydrogens (tertiary/aromatic N) is 1. The summed E-state index contributed by atoms with van der Waals surface area (Å²) in [5, 5.41) is 7.94. The fraction of sp³-hybridized carbons (Fsp3) is 0.636. The van der Waals surface area contributed by atoms with Crippen LogP contribution in [0, 0.1) is 6.92 Å². The number of amides is 2. The van der Waals surface area contributed by atoms with Crippen molar-refractivity contribution in [2.75, 3.05) is 16.8 Å². The van der Waals surface area contributed by atoms with Crippen molar-refractivity contribution in [3.05, 3.63) is 12.0 Å². The number of rotatable bonds is 2. The highest BCUT2D eigenvalue weighted by molar-refractivity contribution is 7.99. The molecule has 2 heterocycles. The molecule has 2 amide bonds. The maximum absolute atomic E-state index is 13.2. The summed E-state index contributed by atoms with van der Waals surface area (Å²) in [5.74, 6) is 0.734. The van der Waals surface area contributed by atoms with Gasteiger partial charge in [0, 0.05) is 0 Å². The maximum atomic E-state index is 13.2. The number of carbonyl (C=O) groups is 1. The number of aromatic nitrogens is 1. The van der Waals surface area contributed by atoms with Crippen molar-refractivity contribution < 1.29 is 22.5 Å². The topological polar surface area (TPSA) is 67.2 Å². The molecule has 1 aromatic rings. The van der Waals surface area contributed by atoms with E-state index < -0.39 is 17.7 Å². The summed E-state index contributed by atoms with van der Waals surface area (Å²) in [6.45, 7) is 1.58. The second kappa shape index (κ2) is 5.55. The molecule has 0 bridgehead atoms. The number of hydrogen-bond donors (Lipinski definition) is 2. The van der Waals surface area contributed by atoms with E-state index in [4.69, 9.17) is 0 Å². The van der Waals surface area contributed by atoms with Crippen LogP contribution >= 0.6 is 11.8 Å².